The van der Waals surface area contributed by atoms with E-state index in [2.05, 4.69) is 90.1 Å². The van der Waals surface area contributed by atoms with Gasteiger partial charge in [-0.1, -0.05) is 105 Å². The maximum absolute atomic E-state index is 12.2. The Kier molecular flexibility index (Phi) is 13.6. The van der Waals surface area contributed by atoms with Gasteiger partial charge in [-0.3, -0.25) is 9.78 Å². The minimum absolute atomic E-state index is 0. The van der Waals surface area contributed by atoms with E-state index in [1.54, 1.807) is 17.7 Å². The van der Waals surface area contributed by atoms with Crippen molar-refractivity contribution in [3.8, 4) is 11.3 Å². The molecule has 0 amide bonds. The van der Waals surface area contributed by atoms with Crippen LogP contribution >= 0.6 is 22.7 Å². The third-order valence-corrected chi connectivity index (χ3v) is 13.6. The second kappa shape index (κ2) is 16.8. The fraction of sp³-hybridized carbons (Fsp3) is 0.457. The van der Waals surface area contributed by atoms with E-state index >= 15 is 0 Å². The largest absolute Gasteiger partial charge is 0.512 e. The zero-order valence-corrected chi connectivity index (χ0v) is 37.7. The van der Waals surface area contributed by atoms with E-state index in [0.717, 1.165) is 53.6 Å². The van der Waals surface area contributed by atoms with Crippen molar-refractivity contribution >= 4 is 69.6 Å². The third-order valence-electron chi connectivity index (χ3n) is 11.4. The molecule has 1 N–H and O–H groups in total. The number of nitrogens with zero attached hydrogens (tertiary/aromatic N) is 2. The molecule has 3 aromatic carbocycles. The molecule has 0 aliphatic rings. The van der Waals surface area contributed by atoms with E-state index in [-0.39, 0.29) is 47.9 Å². The Labute approximate surface area is 338 Å². The van der Waals surface area contributed by atoms with Crippen LogP contribution in [-0.2, 0) is 36.7 Å². The molecule has 0 bridgehead atoms. The summed E-state index contributed by atoms with van der Waals surface area (Å²) in [5, 5.41) is 16.4. The van der Waals surface area contributed by atoms with Crippen LogP contribution in [0.15, 0.2) is 60.6 Å². The number of fused-ring (bicyclic) bond motifs is 6. The van der Waals surface area contributed by atoms with Crippen molar-refractivity contribution in [2.75, 3.05) is 0 Å². The Morgan fingerprint density at radius 3 is 2.04 bits per heavy atom. The number of hydrogen-bond acceptors (Lipinski definition) is 6. The number of allylic oxidation sites excluding steroid dienone is 2. The van der Waals surface area contributed by atoms with Gasteiger partial charge in [0.2, 0.25) is 0 Å². The van der Waals surface area contributed by atoms with E-state index < -0.39 is 0 Å². The fourth-order valence-electron chi connectivity index (χ4n) is 6.98. The Hall–Kier alpha value is -2.96. The Bertz CT molecular complexity index is 2260. The van der Waals surface area contributed by atoms with Crippen LogP contribution in [0.5, 0.6) is 0 Å². The number of aryl methyl sites for hydroxylation is 1. The molecule has 0 fully saturated rings. The fourth-order valence-corrected chi connectivity index (χ4v) is 9.13. The van der Waals surface area contributed by atoms with Crippen molar-refractivity contribution in [3.63, 3.8) is 0 Å². The van der Waals surface area contributed by atoms with Crippen molar-refractivity contribution < 1.29 is 30.0 Å². The minimum Gasteiger partial charge on any atom is -0.512 e. The molecular formula is C46H57IrN2O2S2-. The first kappa shape index (κ1) is 42.8. The van der Waals surface area contributed by atoms with Crippen molar-refractivity contribution in [1.82, 2.24) is 9.97 Å². The zero-order chi connectivity index (χ0) is 38.2. The monoisotopic (exact) mass is 926 g/mol. The molecule has 7 heteroatoms. The van der Waals surface area contributed by atoms with Gasteiger partial charge in [-0.2, -0.15) is 0 Å². The summed E-state index contributed by atoms with van der Waals surface area (Å²) in [6.45, 7) is 25.8. The molecule has 0 saturated heterocycles. The normalized spacial score (nSPS) is 12.8. The maximum Gasteiger partial charge on any atom is 0.164 e. The summed E-state index contributed by atoms with van der Waals surface area (Å²) in [6, 6.07) is 19.2. The van der Waals surface area contributed by atoms with Gasteiger partial charge in [0.25, 0.3) is 0 Å². The standard InChI is InChI=1S/C31H29N2S2.C15H28O2.Ir/c1-17(2)13-22-18(3)34-24-11-12-25-27(26(22)24)28-29(32-16-33-30(28)35-25)20-14-19-9-7-8-10-21(19)23(15-20)31(4,5)6;1-7-14(5,8-2)12(16)11-13(17)15(6,9-3)10-4;/h7-12,15-17H,13H2,1-6H3;11,16H,7-10H2,1-6H3;/q-1;;/b;12-11-;. The van der Waals surface area contributed by atoms with Gasteiger partial charge in [-0.15, -0.1) is 51.8 Å². The quantitative estimate of drug-likeness (QED) is 0.0845. The topological polar surface area (TPSA) is 63.1 Å². The summed E-state index contributed by atoms with van der Waals surface area (Å²) in [5.41, 5.74) is 4.26. The summed E-state index contributed by atoms with van der Waals surface area (Å²) in [5.74, 6) is 0.888. The molecule has 0 atom stereocenters. The molecule has 4 nitrogen and oxygen atoms in total. The zero-order valence-electron chi connectivity index (χ0n) is 33.7. The van der Waals surface area contributed by atoms with Gasteiger partial charge in [-0.25, -0.2) is 4.98 Å². The van der Waals surface area contributed by atoms with Crippen LogP contribution < -0.4 is 0 Å². The Morgan fingerprint density at radius 1 is 0.849 bits per heavy atom. The molecule has 285 valence electrons. The summed E-state index contributed by atoms with van der Waals surface area (Å²) < 4.78 is 2.65. The van der Waals surface area contributed by atoms with Crippen LogP contribution in [-0.4, -0.2) is 20.9 Å². The predicted molar refractivity (Wildman–Crippen MR) is 227 cm³/mol. The van der Waals surface area contributed by atoms with E-state index in [4.69, 9.17) is 9.97 Å². The average molecular weight is 926 g/mol. The molecule has 0 aliphatic carbocycles. The number of aromatic nitrogens is 2. The predicted octanol–water partition coefficient (Wildman–Crippen LogP) is 14.1. The molecular weight excluding hydrogens is 869 g/mol. The summed E-state index contributed by atoms with van der Waals surface area (Å²) >= 11 is 3.69. The van der Waals surface area contributed by atoms with E-state index in [1.807, 2.05) is 52.9 Å². The molecule has 1 radical (unpaired) electrons. The maximum atomic E-state index is 12.2. The summed E-state index contributed by atoms with van der Waals surface area (Å²) in [6.07, 6.45) is 7.56. The van der Waals surface area contributed by atoms with Gasteiger partial charge < -0.3 is 5.11 Å². The molecule has 3 heterocycles. The van der Waals surface area contributed by atoms with Crippen molar-refractivity contribution in [3.05, 3.63) is 82.7 Å². The van der Waals surface area contributed by atoms with Crippen molar-refractivity contribution in [2.45, 2.75) is 121 Å². The number of aliphatic hydroxyl groups excluding tert-OH is 1. The smallest absolute Gasteiger partial charge is 0.164 e. The van der Waals surface area contributed by atoms with Gasteiger partial charge in [0.15, 0.2) is 5.78 Å². The van der Waals surface area contributed by atoms with Crippen LogP contribution in [0.2, 0.25) is 0 Å². The Morgan fingerprint density at radius 2 is 1.45 bits per heavy atom. The molecule has 0 unspecified atom stereocenters. The van der Waals surface area contributed by atoms with E-state index in [9.17, 15) is 9.90 Å². The van der Waals surface area contributed by atoms with Crippen LogP contribution in [0.1, 0.15) is 118 Å². The number of aliphatic hydroxyl groups is 1. The van der Waals surface area contributed by atoms with E-state index in [1.165, 1.54) is 53.0 Å². The van der Waals surface area contributed by atoms with Crippen LogP contribution in [0.4, 0.5) is 0 Å². The molecule has 6 aromatic rings. The molecule has 0 saturated carbocycles. The van der Waals surface area contributed by atoms with Gasteiger partial charge in [0.1, 0.15) is 16.9 Å². The van der Waals surface area contributed by atoms with Crippen LogP contribution in [0, 0.1) is 29.7 Å². The summed E-state index contributed by atoms with van der Waals surface area (Å²) in [7, 11) is 0. The first-order valence-electron chi connectivity index (χ1n) is 19.0. The number of carbonyl (C=O) groups excluding carboxylic acids is 1. The minimum atomic E-state index is -0.337. The van der Waals surface area contributed by atoms with Gasteiger partial charge in [-0.05, 0) is 68.1 Å². The molecule has 3 aromatic heterocycles. The molecule has 0 aliphatic heterocycles. The average Bonchev–Trinajstić information content (AvgIpc) is 3.66. The van der Waals surface area contributed by atoms with Gasteiger partial charge in [0, 0.05) is 73.1 Å². The molecule has 0 spiro atoms. The first-order valence-corrected chi connectivity index (χ1v) is 20.6. The second-order valence-electron chi connectivity index (χ2n) is 16.4. The number of carbonyl (C=O) groups is 1. The molecule has 53 heavy (non-hydrogen) atoms. The van der Waals surface area contributed by atoms with Gasteiger partial charge >= 0.3 is 0 Å². The number of benzene rings is 3. The third kappa shape index (κ3) is 8.49. The van der Waals surface area contributed by atoms with E-state index in [0.29, 0.717) is 5.92 Å². The number of ketones is 1. The van der Waals surface area contributed by atoms with Gasteiger partial charge in [0.05, 0.1) is 0 Å². The molecule has 6 rings (SSSR count). The number of rotatable bonds is 10. The Balaban J connectivity index is 0.000000299. The SMILES string of the molecule is CCC(C)(CC)C(=O)/C=C(\O)C(C)(CC)CC.Cc1sc2ccc3sc4ncnc(-c5[c-]c6ccccc6c(C(C)(C)C)c5)c4c3c2c1CC(C)C.[Ir]. The number of thiophene rings is 2. The number of hydrogen-bond donors (Lipinski definition) is 1. The van der Waals surface area contributed by atoms with Crippen molar-refractivity contribution in [2.24, 2.45) is 16.7 Å². The second-order valence-corrected chi connectivity index (χ2v) is 18.7. The van der Waals surface area contributed by atoms with Crippen LogP contribution in [0.3, 0.4) is 0 Å². The first-order chi connectivity index (χ1) is 24.5. The summed E-state index contributed by atoms with van der Waals surface area (Å²) in [4.78, 5) is 24.3. The van der Waals surface area contributed by atoms with Crippen LogP contribution in [0.25, 0.3) is 52.4 Å². The van der Waals surface area contributed by atoms with Crippen molar-refractivity contribution in [1.29, 1.82) is 0 Å².